The van der Waals surface area contributed by atoms with Crippen LogP contribution < -0.4 is 5.32 Å². The van der Waals surface area contributed by atoms with Crippen LogP contribution in [0.3, 0.4) is 0 Å². The van der Waals surface area contributed by atoms with Crippen LogP contribution in [0.15, 0.2) is 29.9 Å². The second kappa shape index (κ2) is 7.38. The van der Waals surface area contributed by atoms with Gasteiger partial charge >= 0.3 is 0 Å². The van der Waals surface area contributed by atoms with E-state index < -0.39 is 6.10 Å². The molecular formula is C18H18ClN5O2S. The maximum Gasteiger partial charge on any atom is 0.274 e. The number of anilines is 1. The number of aromatic nitrogens is 3. The third-order valence-electron chi connectivity index (χ3n) is 4.53. The van der Waals surface area contributed by atoms with Gasteiger partial charge in [0.1, 0.15) is 0 Å². The van der Waals surface area contributed by atoms with Crippen LogP contribution in [0.2, 0.25) is 5.02 Å². The van der Waals surface area contributed by atoms with E-state index in [1.807, 2.05) is 24.4 Å². The van der Waals surface area contributed by atoms with Crippen molar-refractivity contribution in [2.75, 3.05) is 18.4 Å². The predicted octanol–water partition coefficient (Wildman–Crippen LogP) is 3.12. The molecule has 9 heteroatoms. The predicted molar refractivity (Wildman–Crippen MR) is 105 cm³/mol. The summed E-state index contributed by atoms with van der Waals surface area (Å²) in [7, 11) is 0. The Morgan fingerprint density at radius 3 is 3.04 bits per heavy atom. The fraction of sp³-hybridized carbons (Fsp3) is 0.333. The second-order valence-electron chi connectivity index (χ2n) is 6.53. The van der Waals surface area contributed by atoms with Crippen molar-refractivity contribution in [3.63, 3.8) is 0 Å². The summed E-state index contributed by atoms with van der Waals surface area (Å²) in [5.74, 6) is 0.193. The zero-order valence-electron chi connectivity index (χ0n) is 14.6. The molecule has 1 fully saturated rings. The summed E-state index contributed by atoms with van der Waals surface area (Å²) in [5, 5.41) is 15.4. The van der Waals surface area contributed by atoms with Crippen molar-refractivity contribution in [3.05, 3.63) is 46.2 Å². The molecule has 1 aliphatic heterocycles. The monoisotopic (exact) mass is 403 g/mol. The molecule has 0 spiro atoms. The number of halogens is 1. The fourth-order valence-corrected chi connectivity index (χ4v) is 4.09. The molecule has 4 rings (SSSR count). The molecule has 0 radical (unpaired) electrons. The van der Waals surface area contributed by atoms with Gasteiger partial charge in [-0.2, -0.15) is 0 Å². The van der Waals surface area contributed by atoms with Gasteiger partial charge in [-0.1, -0.05) is 11.6 Å². The highest BCUT2D eigenvalue weighted by atomic mass is 35.5. The van der Waals surface area contributed by atoms with Gasteiger partial charge in [-0.15, -0.1) is 11.3 Å². The highest BCUT2D eigenvalue weighted by molar-refractivity contribution is 7.17. The number of nitrogens with one attached hydrogen (secondary N) is 1. The number of pyridine rings is 1. The molecule has 0 aliphatic carbocycles. The van der Waals surface area contributed by atoms with Gasteiger partial charge in [0.25, 0.3) is 5.91 Å². The molecule has 3 aromatic heterocycles. The molecule has 0 aromatic carbocycles. The quantitative estimate of drug-likeness (QED) is 0.695. The second-order valence-corrected chi connectivity index (χ2v) is 7.88. The number of likely N-dealkylation sites (tertiary alicyclic amines) is 1. The number of hydrogen-bond acceptors (Lipinski definition) is 7. The number of hydrogen-bond donors (Lipinski definition) is 2. The fourth-order valence-electron chi connectivity index (χ4n) is 3.09. The zero-order chi connectivity index (χ0) is 19.0. The molecule has 140 valence electrons. The lowest BCUT2D eigenvalue weighted by molar-refractivity contribution is 0.0761. The van der Waals surface area contributed by atoms with E-state index in [4.69, 9.17) is 11.6 Å². The van der Waals surface area contributed by atoms with E-state index in [0.29, 0.717) is 36.2 Å². The largest absolute Gasteiger partial charge is 0.391 e. The first-order chi connectivity index (χ1) is 13.0. The molecule has 2 N–H and O–H groups in total. The summed E-state index contributed by atoms with van der Waals surface area (Å²) in [6, 6.07) is 3.56. The first kappa shape index (κ1) is 18.1. The lowest BCUT2D eigenvalue weighted by Gasteiger charge is -2.17. The van der Waals surface area contributed by atoms with E-state index in [9.17, 15) is 9.90 Å². The maximum absolute atomic E-state index is 12.9. The number of fused-ring (bicyclic) bond motifs is 1. The van der Waals surface area contributed by atoms with Gasteiger partial charge in [0.15, 0.2) is 5.69 Å². The summed E-state index contributed by atoms with van der Waals surface area (Å²) in [5.41, 5.74) is 1.98. The van der Waals surface area contributed by atoms with Gasteiger partial charge < -0.3 is 15.3 Å². The number of nitrogens with zero attached hydrogens (tertiary/aromatic N) is 4. The lowest BCUT2D eigenvalue weighted by atomic mass is 10.1. The normalized spacial score (nSPS) is 18.0. The Bertz CT molecular complexity index is 995. The topological polar surface area (TPSA) is 91.2 Å². The van der Waals surface area contributed by atoms with Gasteiger partial charge in [-0.05, 0) is 36.4 Å². The summed E-state index contributed by atoms with van der Waals surface area (Å²) in [6.07, 6.45) is 3.42. The summed E-state index contributed by atoms with van der Waals surface area (Å²) in [6.45, 7) is 2.82. The Morgan fingerprint density at radius 1 is 1.44 bits per heavy atom. The number of rotatable bonds is 4. The molecule has 1 amide bonds. The highest BCUT2D eigenvalue weighted by Crippen LogP contribution is 2.27. The number of carbonyl (C=O) groups is 1. The molecule has 1 aliphatic rings. The van der Waals surface area contributed by atoms with E-state index in [1.165, 1.54) is 11.3 Å². The van der Waals surface area contributed by atoms with E-state index in [1.54, 1.807) is 17.3 Å². The van der Waals surface area contributed by atoms with Gasteiger partial charge in [0.2, 0.25) is 5.95 Å². The van der Waals surface area contributed by atoms with Crippen LogP contribution in [0.25, 0.3) is 10.2 Å². The highest BCUT2D eigenvalue weighted by Gasteiger charge is 2.28. The minimum absolute atomic E-state index is 0.135. The van der Waals surface area contributed by atoms with Crippen LogP contribution in [0, 0.1) is 0 Å². The molecule has 3 aromatic rings. The molecule has 1 saturated heterocycles. The van der Waals surface area contributed by atoms with Gasteiger partial charge in [0.05, 0.1) is 27.4 Å². The molecule has 2 atom stereocenters. The average Bonchev–Trinajstić information content (AvgIpc) is 3.29. The molecule has 0 saturated carbocycles. The Labute approximate surface area is 165 Å². The minimum Gasteiger partial charge on any atom is -0.391 e. The maximum atomic E-state index is 12.9. The Hall–Kier alpha value is -2.29. The standard InChI is InChI=1S/C18H18ClN5O2S/c1-10(11-6-12(19)8-20-7-11)21-18-22-14-3-5-27-16(14)15(23-18)17(26)24-4-2-13(25)9-24/h3,5-8,10,13,25H,2,4,9H2,1H3,(H,21,22,23)/t10?,13-/m0/s1. The molecule has 27 heavy (non-hydrogen) atoms. The van der Waals surface area contributed by atoms with Crippen molar-refractivity contribution < 1.29 is 9.90 Å². The van der Waals surface area contributed by atoms with Crippen molar-refractivity contribution in [2.45, 2.75) is 25.5 Å². The van der Waals surface area contributed by atoms with Crippen LogP contribution in [-0.2, 0) is 0 Å². The van der Waals surface area contributed by atoms with Crippen molar-refractivity contribution >= 4 is 45.0 Å². The molecule has 1 unspecified atom stereocenters. The SMILES string of the molecule is CC(Nc1nc(C(=O)N2CC[C@H](O)C2)c2sccc2n1)c1cncc(Cl)c1. The van der Waals surface area contributed by atoms with Crippen LogP contribution in [0.4, 0.5) is 5.95 Å². The molecule has 0 bridgehead atoms. The van der Waals surface area contributed by atoms with Gasteiger partial charge in [-0.3, -0.25) is 9.78 Å². The van der Waals surface area contributed by atoms with Gasteiger partial charge in [0, 0.05) is 25.5 Å². The smallest absolute Gasteiger partial charge is 0.274 e. The molecule has 7 nitrogen and oxygen atoms in total. The van der Waals surface area contributed by atoms with Crippen LogP contribution in [0.5, 0.6) is 0 Å². The van der Waals surface area contributed by atoms with E-state index >= 15 is 0 Å². The number of aliphatic hydroxyl groups excluding tert-OH is 1. The summed E-state index contributed by atoms with van der Waals surface area (Å²) >= 11 is 7.45. The van der Waals surface area contributed by atoms with E-state index in [2.05, 4.69) is 20.3 Å². The van der Waals surface area contributed by atoms with Gasteiger partial charge in [-0.25, -0.2) is 9.97 Å². The number of aliphatic hydroxyl groups is 1. The summed E-state index contributed by atoms with van der Waals surface area (Å²) in [4.78, 5) is 27.7. The van der Waals surface area contributed by atoms with Crippen molar-refractivity contribution in [3.8, 4) is 0 Å². The average molecular weight is 404 g/mol. The third kappa shape index (κ3) is 3.73. The Balaban J connectivity index is 1.65. The van der Waals surface area contributed by atoms with Crippen LogP contribution >= 0.6 is 22.9 Å². The van der Waals surface area contributed by atoms with Crippen molar-refractivity contribution in [1.82, 2.24) is 19.9 Å². The van der Waals surface area contributed by atoms with Crippen LogP contribution in [-0.4, -0.2) is 50.1 Å². The first-order valence-electron chi connectivity index (χ1n) is 8.61. The van der Waals surface area contributed by atoms with Crippen molar-refractivity contribution in [1.29, 1.82) is 0 Å². The lowest BCUT2D eigenvalue weighted by Crippen LogP contribution is -2.30. The van der Waals surface area contributed by atoms with E-state index in [0.717, 1.165) is 15.8 Å². The Morgan fingerprint density at radius 2 is 2.30 bits per heavy atom. The zero-order valence-corrected chi connectivity index (χ0v) is 16.2. The number of β-amino-alcohol motifs (C(OH)–C–C–N with tert-alkyl or cyclic N) is 1. The minimum atomic E-state index is -0.470. The Kier molecular flexibility index (Phi) is 4.94. The molecular weight excluding hydrogens is 386 g/mol. The van der Waals surface area contributed by atoms with E-state index in [-0.39, 0.29) is 11.9 Å². The number of amides is 1. The number of thiophene rings is 1. The molecule has 4 heterocycles. The summed E-state index contributed by atoms with van der Waals surface area (Å²) < 4.78 is 0.754. The van der Waals surface area contributed by atoms with Crippen LogP contribution in [0.1, 0.15) is 35.4 Å². The third-order valence-corrected chi connectivity index (χ3v) is 5.65. The first-order valence-corrected chi connectivity index (χ1v) is 9.86. The number of carbonyl (C=O) groups excluding carboxylic acids is 1. The van der Waals surface area contributed by atoms with Crippen molar-refractivity contribution in [2.24, 2.45) is 0 Å².